The second-order valence-corrected chi connectivity index (χ2v) is 5.10. The number of hydrogen-bond acceptors (Lipinski definition) is 4. The fourth-order valence-electron chi connectivity index (χ4n) is 3.06. The number of likely N-dealkylation sites (N-methyl/N-ethyl adjacent to an activating group) is 1. The van der Waals surface area contributed by atoms with Crippen molar-refractivity contribution in [2.24, 2.45) is 0 Å². The molecule has 0 spiro atoms. The molecule has 3 amide bonds. The number of nitrogens with zero attached hydrogens (tertiary/aromatic N) is 2. The Hall–Kier alpha value is -2.02. The average Bonchev–Trinajstić information content (AvgIpc) is 2.52. The highest BCUT2D eigenvalue weighted by Gasteiger charge is 2.59. The third-order valence-electron chi connectivity index (χ3n) is 4.17. The third kappa shape index (κ3) is 1.70. The zero-order chi connectivity index (χ0) is 15.2. The lowest BCUT2D eigenvalue weighted by Gasteiger charge is -2.44. The molecule has 21 heavy (non-hydrogen) atoms. The van der Waals surface area contributed by atoms with E-state index in [9.17, 15) is 9.59 Å². The molecule has 0 N–H and O–H groups in total. The Balaban J connectivity index is 2.31. The smallest absolute Gasteiger partial charge is 0.329 e. The number of amides is 3. The van der Waals surface area contributed by atoms with E-state index in [2.05, 4.69) is 0 Å². The van der Waals surface area contributed by atoms with Crippen LogP contribution in [0.3, 0.4) is 0 Å². The summed E-state index contributed by atoms with van der Waals surface area (Å²) in [4.78, 5) is 31.4. The minimum atomic E-state index is -0.529. The van der Waals surface area contributed by atoms with Gasteiger partial charge < -0.3 is 4.74 Å². The average molecular weight is 289 g/mol. The quantitative estimate of drug-likeness (QED) is 0.775. The summed E-state index contributed by atoms with van der Waals surface area (Å²) >= 11 is 0. The van der Waals surface area contributed by atoms with Crippen LogP contribution >= 0.6 is 0 Å². The number of fused-ring (bicyclic) bond motifs is 3. The number of urea groups is 1. The van der Waals surface area contributed by atoms with Gasteiger partial charge in [0, 0.05) is 19.7 Å². The maximum absolute atomic E-state index is 12.7. The van der Waals surface area contributed by atoms with Crippen molar-refractivity contribution < 1.29 is 23.8 Å². The van der Waals surface area contributed by atoms with E-state index in [1.165, 1.54) is 20.2 Å². The lowest BCUT2D eigenvalue weighted by atomic mass is 9.93. The van der Waals surface area contributed by atoms with Crippen LogP contribution < -0.4 is 0 Å². The molecule has 1 aromatic rings. The molecule has 0 bridgehead atoms. The number of ether oxygens (including phenoxy) is 1. The Morgan fingerprint density at radius 3 is 2.62 bits per heavy atom. The van der Waals surface area contributed by atoms with Crippen molar-refractivity contribution in [3.63, 3.8) is 0 Å². The second-order valence-electron chi connectivity index (χ2n) is 5.10. The van der Waals surface area contributed by atoms with Gasteiger partial charge in [0.15, 0.2) is 5.70 Å². The van der Waals surface area contributed by atoms with E-state index in [4.69, 9.17) is 9.57 Å². The molecule has 0 aliphatic carbocycles. The summed E-state index contributed by atoms with van der Waals surface area (Å²) in [6.07, 6.45) is 1.46. The Labute approximate surface area is 122 Å². The molecule has 0 radical (unpaired) electrons. The number of methoxy groups -OCH3 is 1. The molecule has 2 aliphatic heterocycles. The highest BCUT2D eigenvalue weighted by Crippen LogP contribution is 2.42. The van der Waals surface area contributed by atoms with Gasteiger partial charge >= 0.3 is 6.03 Å². The van der Waals surface area contributed by atoms with Crippen molar-refractivity contribution in [3.8, 4) is 0 Å². The Kier molecular flexibility index (Phi) is 3.16. The minimum Gasteiger partial charge on any atom is -0.329 e. The molecular weight excluding hydrogens is 272 g/mol. The lowest BCUT2D eigenvalue weighted by molar-refractivity contribution is -1.02. The molecule has 2 unspecified atom stereocenters. The SMILES string of the molecule is COC1Cc2ccccc2C2=CC(=O)N(C)C(=O)[N+]21OC. The predicted molar refractivity (Wildman–Crippen MR) is 74.4 cm³/mol. The molecule has 0 saturated carbocycles. The van der Waals surface area contributed by atoms with Crippen LogP contribution in [-0.4, -0.2) is 49.0 Å². The number of benzene rings is 1. The Bertz CT molecular complexity index is 655. The predicted octanol–water partition coefficient (Wildman–Crippen LogP) is 1.53. The highest BCUT2D eigenvalue weighted by molar-refractivity contribution is 6.06. The van der Waals surface area contributed by atoms with Crippen molar-refractivity contribution in [1.82, 2.24) is 4.90 Å². The molecule has 3 rings (SSSR count). The van der Waals surface area contributed by atoms with E-state index in [1.54, 1.807) is 7.11 Å². The van der Waals surface area contributed by atoms with E-state index < -0.39 is 16.9 Å². The molecule has 0 saturated heterocycles. The van der Waals surface area contributed by atoms with Gasteiger partial charge in [-0.1, -0.05) is 18.2 Å². The molecule has 0 fully saturated rings. The molecule has 6 heteroatoms. The maximum atomic E-state index is 12.7. The number of carbonyl (C=O) groups excluding carboxylic acids is 2. The van der Waals surface area contributed by atoms with E-state index in [0.29, 0.717) is 12.1 Å². The first-order valence-electron chi connectivity index (χ1n) is 6.66. The molecule has 2 heterocycles. The highest BCUT2D eigenvalue weighted by atomic mass is 16.8. The summed E-state index contributed by atoms with van der Waals surface area (Å²) in [7, 11) is 4.44. The number of hydroxylamine groups is 3. The van der Waals surface area contributed by atoms with Crippen molar-refractivity contribution in [2.75, 3.05) is 21.3 Å². The molecule has 2 aliphatic rings. The first-order valence-corrected chi connectivity index (χ1v) is 6.66. The van der Waals surface area contributed by atoms with Gasteiger partial charge in [-0.15, -0.1) is 0 Å². The summed E-state index contributed by atoms with van der Waals surface area (Å²) in [5.41, 5.74) is 2.41. The number of carbonyl (C=O) groups is 2. The van der Waals surface area contributed by atoms with Crippen LogP contribution in [0, 0.1) is 0 Å². The zero-order valence-electron chi connectivity index (χ0n) is 12.2. The van der Waals surface area contributed by atoms with Crippen LogP contribution in [0.5, 0.6) is 0 Å². The molecule has 2 atom stereocenters. The lowest BCUT2D eigenvalue weighted by Crippen LogP contribution is -2.66. The van der Waals surface area contributed by atoms with Crippen LogP contribution in [0.25, 0.3) is 5.70 Å². The normalized spacial score (nSPS) is 28.0. The van der Waals surface area contributed by atoms with Gasteiger partial charge in [-0.2, -0.15) is 4.84 Å². The van der Waals surface area contributed by atoms with Gasteiger partial charge in [0.1, 0.15) is 0 Å². The van der Waals surface area contributed by atoms with Crippen molar-refractivity contribution >= 4 is 17.6 Å². The van der Waals surface area contributed by atoms with Crippen LogP contribution in [0.1, 0.15) is 11.1 Å². The topological polar surface area (TPSA) is 55.8 Å². The monoisotopic (exact) mass is 289 g/mol. The third-order valence-corrected chi connectivity index (χ3v) is 4.17. The minimum absolute atomic E-state index is 0.354. The fourth-order valence-corrected chi connectivity index (χ4v) is 3.06. The molecular formula is C15H17N2O4+. The molecule has 0 aromatic heterocycles. The maximum Gasteiger partial charge on any atom is 0.466 e. The van der Waals surface area contributed by atoms with Crippen LogP contribution in [0.2, 0.25) is 0 Å². The number of imide groups is 1. The fraction of sp³-hybridized carbons (Fsp3) is 0.333. The van der Waals surface area contributed by atoms with Gasteiger partial charge in [-0.25, -0.2) is 9.69 Å². The Morgan fingerprint density at radius 1 is 1.24 bits per heavy atom. The van der Waals surface area contributed by atoms with Crippen molar-refractivity contribution in [2.45, 2.75) is 12.6 Å². The first kappa shape index (κ1) is 13.9. The Morgan fingerprint density at radius 2 is 1.95 bits per heavy atom. The number of quaternary nitrogens is 1. The van der Waals surface area contributed by atoms with Gasteiger partial charge in [0.2, 0.25) is 6.23 Å². The number of hydrogen-bond donors (Lipinski definition) is 0. The standard InChI is InChI=1S/C15H17N2O4/c1-16-13(18)9-12-11-7-5-4-6-10(11)8-14(20-2)17(12,21-3)15(16)19/h4-7,9,14H,8H2,1-3H3/q+1. The summed E-state index contributed by atoms with van der Waals surface area (Å²) in [5.74, 6) is -0.354. The number of rotatable bonds is 2. The molecule has 110 valence electrons. The van der Waals surface area contributed by atoms with Gasteiger partial charge in [-0.3, -0.25) is 4.79 Å². The summed E-state index contributed by atoms with van der Waals surface area (Å²) in [6.45, 7) is 0. The van der Waals surface area contributed by atoms with Crippen LogP contribution in [0.4, 0.5) is 4.79 Å². The summed E-state index contributed by atoms with van der Waals surface area (Å²) in [5, 5.41) is 0. The van der Waals surface area contributed by atoms with Gasteiger partial charge in [-0.05, 0) is 16.3 Å². The largest absolute Gasteiger partial charge is 0.466 e. The summed E-state index contributed by atoms with van der Waals surface area (Å²) < 4.78 is 5.06. The van der Waals surface area contributed by atoms with Crippen LogP contribution in [-0.2, 0) is 20.8 Å². The van der Waals surface area contributed by atoms with Gasteiger partial charge in [0.25, 0.3) is 5.91 Å². The zero-order valence-corrected chi connectivity index (χ0v) is 12.2. The van der Waals surface area contributed by atoms with Crippen LogP contribution in [0.15, 0.2) is 30.3 Å². The molecule has 1 aromatic carbocycles. The van der Waals surface area contributed by atoms with E-state index in [-0.39, 0.29) is 5.91 Å². The van der Waals surface area contributed by atoms with Crippen molar-refractivity contribution in [1.29, 1.82) is 0 Å². The second kappa shape index (κ2) is 4.77. The first-order chi connectivity index (χ1) is 10.1. The van der Waals surface area contributed by atoms with Crippen molar-refractivity contribution in [3.05, 3.63) is 41.5 Å². The van der Waals surface area contributed by atoms with E-state index in [0.717, 1.165) is 16.0 Å². The van der Waals surface area contributed by atoms with E-state index in [1.807, 2.05) is 24.3 Å². The van der Waals surface area contributed by atoms with Gasteiger partial charge in [0.05, 0.1) is 19.6 Å². The van der Waals surface area contributed by atoms with E-state index >= 15 is 0 Å². The molecule has 6 nitrogen and oxygen atoms in total. The summed E-state index contributed by atoms with van der Waals surface area (Å²) in [6, 6.07) is 7.23.